The molecule has 1 aliphatic heterocycles. The number of amides is 1. The molecule has 0 unspecified atom stereocenters. The Balaban J connectivity index is 1.22. The lowest BCUT2D eigenvalue weighted by atomic mass is 9.86. The van der Waals surface area contributed by atoms with E-state index in [1.54, 1.807) is 7.11 Å². The van der Waals surface area contributed by atoms with Gasteiger partial charge in [0.1, 0.15) is 17.4 Å². The third kappa shape index (κ3) is 6.42. The van der Waals surface area contributed by atoms with Gasteiger partial charge in [-0.2, -0.15) is 0 Å². The summed E-state index contributed by atoms with van der Waals surface area (Å²) in [4.78, 5) is 14.6. The minimum Gasteiger partial charge on any atom is -0.497 e. The molecule has 182 valence electrons. The van der Waals surface area contributed by atoms with Crippen LogP contribution in [0, 0.1) is 17.6 Å². The van der Waals surface area contributed by atoms with Crippen LogP contribution in [-0.4, -0.2) is 54.8 Å². The minimum absolute atomic E-state index is 0.0909. The number of piperidine rings is 1. The molecule has 7 heteroatoms. The zero-order valence-electron chi connectivity index (χ0n) is 19.4. The van der Waals surface area contributed by atoms with Gasteiger partial charge in [-0.3, -0.25) is 4.79 Å². The highest BCUT2D eigenvalue weighted by molar-refractivity contribution is 5.91. The molecule has 2 aromatic carbocycles. The van der Waals surface area contributed by atoms with Gasteiger partial charge in [0.25, 0.3) is 0 Å². The monoisotopic (exact) mass is 470 g/mol. The first-order valence-electron chi connectivity index (χ1n) is 11.9. The van der Waals surface area contributed by atoms with E-state index in [0.717, 1.165) is 56.2 Å². The molecule has 0 aromatic heterocycles. The Morgan fingerprint density at radius 3 is 2.56 bits per heavy atom. The van der Waals surface area contributed by atoms with E-state index < -0.39 is 17.7 Å². The average molecular weight is 471 g/mol. The van der Waals surface area contributed by atoms with E-state index in [4.69, 9.17) is 4.74 Å². The maximum absolute atomic E-state index is 13.3. The fourth-order valence-corrected chi connectivity index (χ4v) is 5.23. The average Bonchev–Trinajstić information content (AvgIpc) is 3.24. The van der Waals surface area contributed by atoms with Gasteiger partial charge in [-0.1, -0.05) is 12.1 Å². The van der Waals surface area contributed by atoms with Crippen molar-refractivity contribution < 1.29 is 23.4 Å². The van der Waals surface area contributed by atoms with Gasteiger partial charge in [-0.05, 0) is 79.6 Å². The zero-order chi connectivity index (χ0) is 24.1. The van der Waals surface area contributed by atoms with Crippen LogP contribution < -0.4 is 10.1 Å². The van der Waals surface area contributed by atoms with Crippen molar-refractivity contribution in [3.63, 3.8) is 0 Å². The maximum atomic E-state index is 13.3. The Morgan fingerprint density at radius 2 is 1.88 bits per heavy atom. The fourth-order valence-electron chi connectivity index (χ4n) is 5.23. The van der Waals surface area contributed by atoms with E-state index in [0.29, 0.717) is 18.0 Å². The first-order chi connectivity index (χ1) is 16.4. The van der Waals surface area contributed by atoms with Crippen molar-refractivity contribution >= 4 is 12.0 Å². The molecule has 4 rings (SSSR count). The molecular formula is C27H32F2N2O3. The number of nitrogens with zero attached hydrogens (tertiary/aromatic N) is 1. The number of β-amino-alcohol motifs (C(OH)–C–C–N with tert-alkyl or cyclic N) is 1. The number of nitrogens with one attached hydrogen (secondary N) is 1. The van der Waals surface area contributed by atoms with Gasteiger partial charge in [-0.25, -0.2) is 8.78 Å². The first-order valence-corrected chi connectivity index (χ1v) is 11.9. The third-order valence-corrected chi connectivity index (χ3v) is 6.93. The number of hydrogen-bond acceptors (Lipinski definition) is 4. The standard InChI is InChI=1S/C27H32F2N2O3/c1-34-24-7-4-20(5-8-24)25-10-11-31(17-26(25)32)16-19-2-6-23(14-19)30-27(33)9-3-18-12-21(28)15-22(29)13-18/h3-5,7-9,12-13,15,19,23,25-26,32H,2,6,10-11,14,16-17H2,1H3,(H,30,33)/b9-3+/t19-,23+,25-,26-/m1/s1. The molecule has 2 aromatic rings. The lowest BCUT2D eigenvalue weighted by molar-refractivity contribution is -0.117. The lowest BCUT2D eigenvalue weighted by Crippen LogP contribution is -2.44. The Bertz CT molecular complexity index is 991. The molecular weight excluding hydrogens is 438 g/mol. The number of aliphatic hydroxyl groups is 1. The largest absolute Gasteiger partial charge is 0.497 e. The summed E-state index contributed by atoms with van der Waals surface area (Å²) in [5.74, 6) is -0.177. The Morgan fingerprint density at radius 1 is 1.15 bits per heavy atom. The zero-order valence-corrected chi connectivity index (χ0v) is 19.4. The predicted molar refractivity (Wildman–Crippen MR) is 127 cm³/mol. The number of hydrogen-bond donors (Lipinski definition) is 2. The van der Waals surface area contributed by atoms with E-state index in [-0.39, 0.29) is 17.9 Å². The number of methoxy groups -OCH3 is 1. The van der Waals surface area contributed by atoms with Gasteiger partial charge in [0, 0.05) is 37.2 Å². The van der Waals surface area contributed by atoms with E-state index in [2.05, 4.69) is 10.2 Å². The molecule has 2 fully saturated rings. The number of benzene rings is 2. The van der Waals surface area contributed by atoms with Crippen molar-refractivity contribution in [1.82, 2.24) is 10.2 Å². The van der Waals surface area contributed by atoms with E-state index in [1.807, 2.05) is 24.3 Å². The molecule has 4 atom stereocenters. The van der Waals surface area contributed by atoms with E-state index in [9.17, 15) is 18.7 Å². The van der Waals surface area contributed by atoms with Gasteiger partial charge >= 0.3 is 0 Å². The molecule has 1 aliphatic carbocycles. The molecule has 0 spiro atoms. The Labute approximate surface area is 199 Å². The van der Waals surface area contributed by atoms with Gasteiger partial charge in [-0.15, -0.1) is 0 Å². The molecule has 2 N–H and O–H groups in total. The normalized spacial score (nSPS) is 25.5. The molecule has 0 radical (unpaired) electrons. The highest BCUT2D eigenvalue weighted by Gasteiger charge is 2.32. The highest BCUT2D eigenvalue weighted by atomic mass is 19.1. The van der Waals surface area contributed by atoms with Gasteiger partial charge in [0.15, 0.2) is 0 Å². The number of ether oxygens (including phenoxy) is 1. The number of carbonyl (C=O) groups excluding carboxylic acids is 1. The van der Waals surface area contributed by atoms with Gasteiger partial charge < -0.3 is 20.1 Å². The van der Waals surface area contributed by atoms with Crippen molar-refractivity contribution in [2.45, 2.75) is 43.7 Å². The smallest absolute Gasteiger partial charge is 0.244 e. The van der Waals surface area contributed by atoms with Crippen LogP contribution in [0.25, 0.3) is 6.08 Å². The summed E-state index contributed by atoms with van der Waals surface area (Å²) in [6.07, 6.45) is 6.07. The van der Waals surface area contributed by atoms with Crippen LogP contribution in [0.15, 0.2) is 48.5 Å². The minimum atomic E-state index is -0.670. The Hall–Kier alpha value is -2.77. The van der Waals surface area contributed by atoms with Crippen LogP contribution in [0.1, 0.15) is 42.7 Å². The molecule has 1 heterocycles. The number of aliphatic hydroxyl groups excluding tert-OH is 1. The van der Waals surface area contributed by atoms with Crippen LogP contribution in [-0.2, 0) is 4.79 Å². The molecule has 1 amide bonds. The van der Waals surface area contributed by atoms with E-state index >= 15 is 0 Å². The predicted octanol–water partition coefficient (Wildman–Crippen LogP) is 4.12. The second kappa shape index (κ2) is 11.1. The summed E-state index contributed by atoms with van der Waals surface area (Å²) in [6, 6.07) is 11.2. The topological polar surface area (TPSA) is 61.8 Å². The van der Waals surface area contributed by atoms with Crippen LogP contribution in [0.3, 0.4) is 0 Å². The van der Waals surface area contributed by atoms with Crippen LogP contribution >= 0.6 is 0 Å². The summed E-state index contributed by atoms with van der Waals surface area (Å²) in [5.41, 5.74) is 1.46. The lowest BCUT2D eigenvalue weighted by Gasteiger charge is -2.37. The molecule has 2 aliphatic rings. The summed E-state index contributed by atoms with van der Waals surface area (Å²) in [7, 11) is 1.65. The summed E-state index contributed by atoms with van der Waals surface area (Å²) < 4.78 is 31.8. The second-order valence-corrected chi connectivity index (χ2v) is 9.42. The van der Waals surface area contributed by atoms with Crippen LogP contribution in [0.5, 0.6) is 5.75 Å². The van der Waals surface area contributed by atoms with Crippen molar-refractivity contribution in [3.05, 3.63) is 71.3 Å². The summed E-state index contributed by atoms with van der Waals surface area (Å²) in [6.45, 7) is 2.50. The second-order valence-electron chi connectivity index (χ2n) is 9.42. The number of likely N-dealkylation sites (tertiary alicyclic amines) is 1. The van der Waals surface area contributed by atoms with Crippen molar-refractivity contribution in [2.75, 3.05) is 26.7 Å². The number of halogens is 2. The van der Waals surface area contributed by atoms with Crippen molar-refractivity contribution in [1.29, 1.82) is 0 Å². The van der Waals surface area contributed by atoms with Gasteiger partial charge in [0.2, 0.25) is 5.91 Å². The Kier molecular flexibility index (Phi) is 7.95. The van der Waals surface area contributed by atoms with Crippen molar-refractivity contribution in [2.24, 2.45) is 5.92 Å². The molecule has 0 bridgehead atoms. The summed E-state index contributed by atoms with van der Waals surface area (Å²) >= 11 is 0. The maximum Gasteiger partial charge on any atom is 0.244 e. The molecule has 34 heavy (non-hydrogen) atoms. The number of carbonyl (C=O) groups is 1. The van der Waals surface area contributed by atoms with Gasteiger partial charge in [0.05, 0.1) is 13.2 Å². The summed E-state index contributed by atoms with van der Waals surface area (Å²) in [5, 5.41) is 13.8. The highest BCUT2D eigenvalue weighted by Crippen LogP contribution is 2.32. The third-order valence-electron chi connectivity index (χ3n) is 6.93. The first kappa shape index (κ1) is 24.4. The molecule has 5 nitrogen and oxygen atoms in total. The fraction of sp³-hybridized carbons (Fsp3) is 0.444. The van der Waals surface area contributed by atoms with E-state index in [1.165, 1.54) is 24.3 Å². The molecule has 1 saturated carbocycles. The van der Waals surface area contributed by atoms with Crippen LogP contribution in [0.4, 0.5) is 8.78 Å². The van der Waals surface area contributed by atoms with Crippen molar-refractivity contribution in [3.8, 4) is 5.75 Å². The molecule has 1 saturated heterocycles. The SMILES string of the molecule is COc1ccc([C@H]2CCN(C[C@@H]3CC[C@H](NC(=O)/C=C/c4cc(F)cc(F)c4)C3)C[C@H]2O)cc1. The number of rotatable bonds is 7. The quantitative estimate of drug-likeness (QED) is 0.598. The van der Waals surface area contributed by atoms with Crippen LogP contribution in [0.2, 0.25) is 0 Å².